The molecule has 0 rings (SSSR count). The minimum absolute atomic E-state index is 0.254. The zero-order valence-corrected chi connectivity index (χ0v) is 18.4. The zero-order chi connectivity index (χ0) is 19.5. The molecule has 0 aliphatic heterocycles. The third-order valence-electron chi connectivity index (χ3n) is 5.66. The fourth-order valence-electron chi connectivity index (χ4n) is 3.78. The Labute approximate surface area is 165 Å². The second-order valence-electron chi connectivity index (χ2n) is 8.64. The van der Waals surface area contributed by atoms with E-state index in [4.69, 9.17) is 5.73 Å². The first-order chi connectivity index (χ1) is 12.5. The monoisotopic (exact) mass is 370 g/mol. The molecule has 0 bridgehead atoms. The van der Waals surface area contributed by atoms with E-state index >= 15 is 0 Å². The summed E-state index contributed by atoms with van der Waals surface area (Å²) < 4.78 is 0. The van der Waals surface area contributed by atoms with Gasteiger partial charge >= 0.3 is 0 Å². The normalized spacial score (nSPS) is 15.1. The molecule has 3 N–H and O–H groups in total. The van der Waals surface area contributed by atoms with E-state index in [0.717, 1.165) is 19.3 Å². The summed E-state index contributed by atoms with van der Waals surface area (Å²) in [7, 11) is 0. The Hall–Kier alpha value is -0.120. The molecule has 0 saturated carbocycles. The lowest BCUT2D eigenvalue weighted by Gasteiger charge is -2.37. The van der Waals surface area contributed by atoms with Crippen LogP contribution in [0.3, 0.4) is 0 Å². The van der Waals surface area contributed by atoms with Crippen LogP contribution in [0, 0.1) is 5.21 Å². The molecule has 0 heterocycles. The van der Waals surface area contributed by atoms with Crippen LogP contribution in [0.4, 0.5) is 0 Å². The summed E-state index contributed by atoms with van der Waals surface area (Å²) >= 11 is 0. The smallest absolute Gasteiger partial charge is 0.145 e. The van der Waals surface area contributed by atoms with Crippen LogP contribution in [0.2, 0.25) is 0 Å². The van der Waals surface area contributed by atoms with Crippen molar-refractivity contribution in [3.8, 4) is 0 Å². The van der Waals surface area contributed by atoms with E-state index in [-0.39, 0.29) is 5.06 Å². The molecule has 0 aromatic carbocycles. The summed E-state index contributed by atoms with van der Waals surface area (Å²) in [6, 6.07) is 0. The summed E-state index contributed by atoms with van der Waals surface area (Å²) in [5.74, 6) is 0. The number of hydroxylamine groups is 2. The number of hydrogen-bond donors (Lipinski definition) is 2. The molecule has 0 aromatic heterocycles. The van der Waals surface area contributed by atoms with E-state index in [0.29, 0.717) is 6.54 Å². The summed E-state index contributed by atoms with van der Waals surface area (Å²) in [6.45, 7) is 6.94. The third kappa shape index (κ3) is 16.1. The molecule has 3 nitrogen and oxygen atoms in total. The van der Waals surface area contributed by atoms with Gasteiger partial charge in [0.1, 0.15) is 5.66 Å². The second kappa shape index (κ2) is 18.3. The zero-order valence-electron chi connectivity index (χ0n) is 18.4. The Morgan fingerprint density at radius 3 is 1.31 bits per heavy atom. The highest BCUT2D eigenvalue weighted by Crippen LogP contribution is 2.13. The van der Waals surface area contributed by atoms with Crippen LogP contribution in [0.25, 0.3) is 0 Å². The summed E-state index contributed by atoms with van der Waals surface area (Å²) in [5, 5.41) is 12.3. The molecule has 3 heteroatoms. The fraction of sp³-hybridized carbons (Fsp3) is 1.00. The molecule has 0 aliphatic rings. The van der Waals surface area contributed by atoms with Crippen LogP contribution < -0.4 is 10.8 Å². The van der Waals surface area contributed by atoms with Crippen LogP contribution in [0.15, 0.2) is 0 Å². The van der Waals surface area contributed by atoms with Gasteiger partial charge in [0.25, 0.3) is 0 Å². The molecule has 0 aliphatic carbocycles. The number of nitrogens with one attached hydrogen (secondary N) is 1. The van der Waals surface area contributed by atoms with E-state index in [1.807, 2.05) is 6.92 Å². The predicted octanol–water partition coefficient (Wildman–Crippen LogP) is 6.11. The van der Waals surface area contributed by atoms with E-state index in [1.54, 1.807) is 0 Å². The summed E-state index contributed by atoms with van der Waals surface area (Å²) in [6.07, 6.45) is 23.7. The van der Waals surface area contributed by atoms with Crippen LogP contribution >= 0.6 is 0 Å². The average molecular weight is 371 g/mol. The molecular formula is C23H50N2O. The maximum atomic E-state index is 12.1. The van der Waals surface area contributed by atoms with Crippen molar-refractivity contribution in [1.82, 2.24) is 0 Å². The number of rotatable bonds is 20. The molecule has 2 unspecified atom stereocenters. The molecule has 0 radical (unpaired) electrons. The van der Waals surface area contributed by atoms with E-state index < -0.39 is 5.66 Å². The topological polar surface area (TPSA) is 53.5 Å². The Morgan fingerprint density at radius 2 is 0.962 bits per heavy atom. The van der Waals surface area contributed by atoms with Gasteiger partial charge in [0.05, 0.1) is 6.54 Å². The number of unbranched alkanes of at least 4 members (excludes halogenated alkanes) is 15. The van der Waals surface area contributed by atoms with Gasteiger partial charge in [-0.2, -0.15) is 0 Å². The average Bonchev–Trinajstić information content (AvgIpc) is 2.61. The maximum Gasteiger partial charge on any atom is 0.145 e. The van der Waals surface area contributed by atoms with Crippen LogP contribution in [-0.4, -0.2) is 12.2 Å². The first-order valence-corrected chi connectivity index (χ1v) is 11.9. The lowest BCUT2D eigenvalue weighted by atomic mass is 10.0. The molecule has 158 valence electrons. The minimum Gasteiger partial charge on any atom is -0.633 e. The van der Waals surface area contributed by atoms with Crippen molar-refractivity contribution in [3.63, 3.8) is 0 Å². The molecule has 0 spiro atoms. The Bertz CT molecular complexity index is 281. The molecule has 0 saturated heterocycles. The first kappa shape index (κ1) is 25.9. The third-order valence-corrected chi connectivity index (χ3v) is 5.66. The highest BCUT2D eigenvalue weighted by molar-refractivity contribution is 4.63. The Kier molecular flexibility index (Phi) is 18.2. The van der Waals surface area contributed by atoms with Gasteiger partial charge in [-0.3, -0.25) is 5.73 Å². The van der Waals surface area contributed by atoms with Crippen molar-refractivity contribution in [2.75, 3.05) is 6.54 Å². The maximum absolute atomic E-state index is 12.1. The van der Waals surface area contributed by atoms with Gasteiger partial charge in [0.2, 0.25) is 0 Å². The molecule has 0 fully saturated rings. The van der Waals surface area contributed by atoms with Gasteiger partial charge in [-0.25, -0.2) is 0 Å². The lowest BCUT2D eigenvalue weighted by molar-refractivity contribution is -0.903. The van der Waals surface area contributed by atoms with Crippen molar-refractivity contribution in [2.45, 2.75) is 142 Å². The van der Waals surface area contributed by atoms with Gasteiger partial charge in [0, 0.05) is 13.3 Å². The quantitative estimate of drug-likeness (QED) is 0.154. The highest BCUT2D eigenvalue weighted by atomic mass is 16.5. The predicted molar refractivity (Wildman–Crippen MR) is 116 cm³/mol. The standard InChI is InChI=1S/C23H50N2O/c1-4-6-7-8-9-10-11-12-13-14-15-16-17-18-19-20-22-25(26)23(3,24)21-5-2/h25H,4-22,24H2,1-3H3. The minimum atomic E-state index is -0.593. The first-order valence-electron chi connectivity index (χ1n) is 11.9. The molecule has 0 aromatic rings. The Morgan fingerprint density at radius 1 is 0.615 bits per heavy atom. The lowest BCUT2D eigenvalue weighted by Crippen LogP contribution is -3.17. The molecule has 26 heavy (non-hydrogen) atoms. The highest BCUT2D eigenvalue weighted by Gasteiger charge is 2.23. The molecule has 0 amide bonds. The Balaban J connectivity index is 3.22. The van der Waals surface area contributed by atoms with E-state index in [9.17, 15) is 5.21 Å². The number of quaternary nitrogens is 1. The molecular weight excluding hydrogens is 320 g/mol. The van der Waals surface area contributed by atoms with Gasteiger partial charge in [-0.1, -0.05) is 104 Å². The van der Waals surface area contributed by atoms with Crippen molar-refractivity contribution in [1.29, 1.82) is 0 Å². The van der Waals surface area contributed by atoms with Crippen LogP contribution in [-0.2, 0) is 0 Å². The van der Waals surface area contributed by atoms with E-state index in [2.05, 4.69) is 13.8 Å². The van der Waals surface area contributed by atoms with Crippen molar-refractivity contribution < 1.29 is 5.06 Å². The van der Waals surface area contributed by atoms with E-state index in [1.165, 1.54) is 96.3 Å². The van der Waals surface area contributed by atoms with Crippen molar-refractivity contribution in [2.24, 2.45) is 5.73 Å². The van der Waals surface area contributed by atoms with Gasteiger partial charge < -0.3 is 10.3 Å². The molecule has 2 atom stereocenters. The van der Waals surface area contributed by atoms with Gasteiger partial charge in [-0.15, -0.1) is 0 Å². The van der Waals surface area contributed by atoms with Crippen molar-refractivity contribution >= 4 is 0 Å². The number of hydrogen-bond acceptors (Lipinski definition) is 2. The summed E-state index contributed by atoms with van der Waals surface area (Å²) in [5.41, 5.74) is 5.49. The van der Waals surface area contributed by atoms with Gasteiger partial charge in [-0.05, 0) is 19.3 Å². The van der Waals surface area contributed by atoms with Gasteiger partial charge in [0.15, 0.2) is 0 Å². The van der Waals surface area contributed by atoms with Crippen molar-refractivity contribution in [3.05, 3.63) is 5.21 Å². The second-order valence-corrected chi connectivity index (χ2v) is 8.64. The number of nitrogens with two attached hydrogens (primary N) is 1. The SMILES string of the molecule is CCCCCCCCCCCCCCCCCC[NH+]([O-])C(C)(N)CCC. The fourth-order valence-corrected chi connectivity index (χ4v) is 3.78. The van der Waals surface area contributed by atoms with Crippen LogP contribution in [0.5, 0.6) is 0 Å². The summed E-state index contributed by atoms with van der Waals surface area (Å²) in [4.78, 5) is 0. The largest absolute Gasteiger partial charge is 0.633 e. The van der Waals surface area contributed by atoms with Crippen LogP contribution in [0.1, 0.15) is 136 Å².